The summed E-state index contributed by atoms with van der Waals surface area (Å²) in [5.74, 6) is 0.0645. The van der Waals surface area contributed by atoms with Crippen molar-refractivity contribution in [3.8, 4) is 11.5 Å². The molecule has 0 aliphatic carbocycles. The molecule has 0 unspecified atom stereocenters. The first-order valence-electron chi connectivity index (χ1n) is 14.1. The van der Waals surface area contributed by atoms with Gasteiger partial charge in [-0.3, -0.25) is 15.5 Å². The Morgan fingerprint density at radius 1 is 1.20 bits per heavy atom. The maximum Gasteiger partial charge on any atom is 0.337 e. The van der Waals surface area contributed by atoms with Crippen LogP contribution in [0.4, 0.5) is 16.2 Å². The number of carbonyl (C=O) groups is 2. The molecule has 2 aromatic rings. The number of benzene rings is 2. The van der Waals surface area contributed by atoms with E-state index in [2.05, 4.69) is 31.0 Å². The Morgan fingerprint density at radius 3 is 2.64 bits per heavy atom. The summed E-state index contributed by atoms with van der Waals surface area (Å²) in [6.45, 7) is 6.76. The molecule has 2 aliphatic rings. The number of non-ortho nitro benzene ring substituents is 1. The van der Waals surface area contributed by atoms with E-state index in [-0.39, 0.29) is 17.9 Å². The normalized spacial score (nSPS) is 18.0. The highest BCUT2D eigenvalue weighted by molar-refractivity contribution is 5.95. The van der Waals surface area contributed by atoms with Gasteiger partial charge in [0.1, 0.15) is 6.61 Å². The number of rotatable bonds is 12. The lowest BCUT2D eigenvalue weighted by Gasteiger charge is -2.34. The number of anilines is 1. The highest BCUT2D eigenvalue weighted by atomic mass is 16.6. The minimum atomic E-state index is -1.23. The van der Waals surface area contributed by atoms with Gasteiger partial charge in [-0.25, -0.2) is 9.59 Å². The second-order valence-corrected chi connectivity index (χ2v) is 10.2. The average Bonchev–Trinajstić information content (AvgIpc) is 3.00. The number of hydrogen-bond acceptors (Lipinski definition) is 12. The molecule has 2 heterocycles. The van der Waals surface area contributed by atoms with E-state index in [0.29, 0.717) is 34.9 Å². The van der Waals surface area contributed by atoms with Crippen molar-refractivity contribution in [3.63, 3.8) is 0 Å². The molecule has 0 spiro atoms. The summed E-state index contributed by atoms with van der Waals surface area (Å²) in [4.78, 5) is 39.9. The van der Waals surface area contributed by atoms with Gasteiger partial charge in [-0.1, -0.05) is 6.07 Å². The second-order valence-electron chi connectivity index (χ2n) is 10.2. The molecule has 2 aromatic carbocycles. The van der Waals surface area contributed by atoms with E-state index in [1.165, 1.54) is 25.5 Å². The number of nitro benzene ring substituents is 1. The molecular weight excluding hydrogens is 574 g/mol. The van der Waals surface area contributed by atoms with E-state index >= 15 is 0 Å². The lowest BCUT2D eigenvalue weighted by Crippen LogP contribution is -2.45. The van der Waals surface area contributed by atoms with Crippen molar-refractivity contribution in [2.45, 2.75) is 26.1 Å². The fourth-order valence-corrected chi connectivity index (χ4v) is 4.91. The van der Waals surface area contributed by atoms with Crippen molar-refractivity contribution in [2.75, 3.05) is 58.5 Å². The van der Waals surface area contributed by atoms with Gasteiger partial charge in [-0.05, 0) is 44.7 Å². The standard InChI is InChI=1S/C29H37N7O8/c1-5-43-24-15-19(27-26(28(38)42-4)18(2)31-29(39)32-27)6-9-23(24)44-17-25(37)33-30-16-20-14-21(36(40)41)7-8-22(20)35-12-10-34(3)11-13-35/h6-9,14-16,25,27,33,37H,5,10-13,17H2,1-4H3,(H2,31,32,39)/b30-16-/t25-,27-/m0/s1. The summed E-state index contributed by atoms with van der Waals surface area (Å²) in [5, 5.41) is 31.3. The summed E-state index contributed by atoms with van der Waals surface area (Å²) < 4.78 is 16.4. The third-order valence-electron chi connectivity index (χ3n) is 7.17. The van der Waals surface area contributed by atoms with Crippen LogP contribution in [0, 0.1) is 10.1 Å². The third-order valence-corrected chi connectivity index (χ3v) is 7.17. The Bertz CT molecular complexity index is 1440. The first kappa shape index (κ1) is 32.0. The van der Waals surface area contributed by atoms with Crippen LogP contribution in [0.25, 0.3) is 0 Å². The van der Waals surface area contributed by atoms with Crippen molar-refractivity contribution in [1.29, 1.82) is 0 Å². The molecule has 15 heteroatoms. The Morgan fingerprint density at radius 2 is 1.95 bits per heavy atom. The number of allylic oxidation sites excluding steroid dienone is 1. The van der Waals surface area contributed by atoms with E-state index in [1.54, 1.807) is 38.1 Å². The SMILES string of the molecule is CCOc1cc([C@@H]2NC(=O)NC(C)=C2C(=O)OC)ccc1OC[C@H](O)N/N=C\c1cc([N+](=O)[O-])ccc1N1CCN(C)CC1. The van der Waals surface area contributed by atoms with Crippen molar-refractivity contribution in [2.24, 2.45) is 5.10 Å². The molecule has 2 atom stereocenters. The maximum absolute atomic E-state index is 12.4. The van der Waals surface area contributed by atoms with Gasteiger partial charge in [0.05, 0.1) is 36.5 Å². The van der Waals surface area contributed by atoms with Gasteiger partial charge >= 0.3 is 12.0 Å². The van der Waals surface area contributed by atoms with Crippen LogP contribution in [0.2, 0.25) is 0 Å². The first-order chi connectivity index (χ1) is 21.1. The number of nitrogens with one attached hydrogen (secondary N) is 3. The summed E-state index contributed by atoms with van der Waals surface area (Å²) in [6.07, 6.45) is 0.206. The maximum atomic E-state index is 12.4. The quantitative estimate of drug-likeness (QED) is 0.0905. The zero-order valence-corrected chi connectivity index (χ0v) is 25.0. The Kier molecular flexibility index (Phi) is 10.6. The molecule has 4 N–H and O–H groups in total. The van der Waals surface area contributed by atoms with E-state index in [0.717, 1.165) is 31.9 Å². The Labute approximate surface area is 254 Å². The number of nitrogens with zero attached hydrogens (tertiary/aromatic N) is 4. The van der Waals surface area contributed by atoms with Gasteiger partial charge in [-0.15, -0.1) is 0 Å². The lowest BCUT2D eigenvalue weighted by atomic mass is 9.95. The summed E-state index contributed by atoms with van der Waals surface area (Å²) >= 11 is 0. The molecule has 1 saturated heterocycles. The summed E-state index contributed by atoms with van der Waals surface area (Å²) in [6, 6.07) is 8.31. The number of nitro groups is 1. The van der Waals surface area contributed by atoms with Crippen LogP contribution in [0.5, 0.6) is 11.5 Å². The molecular formula is C29H37N7O8. The highest BCUT2D eigenvalue weighted by Crippen LogP contribution is 2.35. The fraction of sp³-hybridized carbons (Fsp3) is 0.414. The van der Waals surface area contributed by atoms with Crippen LogP contribution in [0.3, 0.4) is 0 Å². The lowest BCUT2D eigenvalue weighted by molar-refractivity contribution is -0.384. The highest BCUT2D eigenvalue weighted by Gasteiger charge is 2.32. The van der Waals surface area contributed by atoms with Gasteiger partial charge in [0, 0.05) is 55.3 Å². The van der Waals surface area contributed by atoms with Gasteiger partial charge in [0.15, 0.2) is 17.7 Å². The number of hydrazone groups is 1. The largest absolute Gasteiger partial charge is 0.490 e. The number of ether oxygens (including phenoxy) is 3. The van der Waals surface area contributed by atoms with Crippen LogP contribution < -0.4 is 30.4 Å². The number of amides is 2. The smallest absolute Gasteiger partial charge is 0.337 e. The van der Waals surface area contributed by atoms with Crippen molar-refractivity contribution < 1.29 is 33.8 Å². The average molecular weight is 612 g/mol. The topological polar surface area (TPSA) is 180 Å². The van der Waals surface area contributed by atoms with Gasteiger partial charge < -0.3 is 39.8 Å². The fourth-order valence-electron chi connectivity index (χ4n) is 4.91. The summed E-state index contributed by atoms with van der Waals surface area (Å²) in [7, 11) is 3.31. The Balaban J connectivity index is 1.45. The van der Waals surface area contributed by atoms with Crippen LogP contribution >= 0.6 is 0 Å². The Hall–Kier alpha value is -4.89. The van der Waals surface area contributed by atoms with Crippen LogP contribution in [-0.2, 0) is 9.53 Å². The molecule has 0 saturated carbocycles. The van der Waals surface area contributed by atoms with E-state index in [9.17, 15) is 24.8 Å². The third kappa shape index (κ3) is 7.73. The van der Waals surface area contributed by atoms with Gasteiger partial charge in [0.2, 0.25) is 0 Å². The minimum absolute atomic E-state index is 0.0616. The predicted molar refractivity (Wildman–Crippen MR) is 162 cm³/mol. The zero-order valence-electron chi connectivity index (χ0n) is 25.0. The van der Waals surface area contributed by atoms with Crippen molar-refractivity contribution >= 4 is 29.6 Å². The number of likely N-dealkylation sites (N-methyl/N-ethyl adjacent to an activating group) is 1. The molecule has 0 bridgehead atoms. The molecule has 0 radical (unpaired) electrons. The van der Waals surface area contributed by atoms with Crippen molar-refractivity contribution in [3.05, 3.63) is 68.9 Å². The minimum Gasteiger partial charge on any atom is -0.490 e. The number of esters is 1. The number of aliphatic hydroxyl groups excluding tert-OH is 1. The molecule has 15 nitrogen and oxygen atoms in total. The second kappa shape index (κ2) is 14.5. The van der Waals surface area contributed by atoms with Crippen LogP contribution in [-0.4, -0.2) is 92.9 Å². The number of urea groups is 1. The molecule has 236 valence electrons. The van der Waals surface area contributed by atoms with E-state index in [1.807, 2.05) is 7.05 Å². The number of carbonyl (C=O) groups excluding carboxylic acids is 2. The number of methoxy groups -OCH3 is 1. The van der Waals surface area contributed by atoms with Gasteiger partial charge in [0.25, 0.3) is 5.69 Å². The van der Waals surface area contributed by atoms with Crippen LogP contribution in [0.15, 0.2) is 52.8 Å². The summed E-state index contributed by atoms with van der Waals surface area (Å²) in [5.41, 5.74) is 5.06. The number of aliphatic hydroxyl groups is 1. The van der Waals surface area contributed by atoms with Crippen LogP contribution in [0.1, 0.15) is 31.0 Å². The molecule has 1 fully saturated rings. The molecule has 2 aliphatic heterocycles. The van der Waals surface area contributed by atoms with E-state index < -0.39 is 29.2 Å². The molecule has 0 aromatic heterocycles. The number of hydrogen-bond donors (Lipinski definition) is 4. The van der Waals surface area contributed by atoms with Gasteiger partial charge in [-0.2, -0.15) is 5.10 Å². The van der Waals surface area contributed by atoms with E-state index in [4.69, 9.17) is 14.2 Å². The zero-order chi connectivity index (χ0) is 31.8. The molecule has 2 amide bonds. The predicted octanol–water partition coefficient (Wildman–Crippen LogP) is 1.87. The first-order valence-corrected chi connectivity index (χ1v) is 14.1. The molecule has 4 rings (SSSR count). The van der Waals surface area contributed by atoms with Crippen molar-refractivity contribution in [1.82, 2.24) is 21.0 Å². The number of piperazine rings is 1. The monoisotopic (exact) mass is 611 g/mol. The molecule has 44 heavy (non-hydrogen) atoms.